The highest BCUT2D eigenvalue weighted by Gasteiger charge is 2.25. The molecule has 1 saturated heterocycles. The Bertz CT molecular complexity index is 704. The molecule has 1 aliphatic rings. The van der Waals surface area contributed by atoms with E-state index >= 15 is 0 Å². The molecule has 0 saturated carbocycles. The molecule has 6 heteroatoms. The summed E-state index contributed by atoms with van der Waals surface area (Å²) in [6, 6.07) is 11.0. The molecule has 1 fully saturated rings. The maximum Gasteiger partial charge on any atom is 0.289 e. The molecule has 3 rings (SSSR count). The predicted molar refractivity (Wildman–Crippen MR) is 90.4 cm³/mol. The Labute approximate surface area is 140 Å². The number of para-hydroxylation sites is 1. The van der Waals surface area contributed by atoms with Gasteiger partial charge in [0, 0.05) is 38.3 Å². The van der Waals surface area contributed by atoms with Gasteiger partial charge < -0.3 is 20.0 Å². The molecule has 2 heterocycles. The summed E-state index contributed by atoms with van der Waals surface area (Å²) in [5, 5.41) is 0. The van der Waals surface area contributed by atoms with Crippen LogP contribution in [0.25, 0.3) is 0 Å². The van der Waals surface area contributed by atoms with Crippen molar-refractivity contribution in [1.82, 2.24) is 9.80 Å². The number of nitrogens with two attached hydrogens (primary N) is 1. The minimum absolute atomic E-state index is 0.100. The molecule has 0 spiro atoms. The van der Waals surface area contributed by atoms with E-state index in [1.54, 1.807) is 17.0 Å². The van der Waals surface area contributed by atoms with Crippen molar-refractivity contribution >= 4 is 17.5 Å². The molecule has 2 amide bonds. The number of furan rings is 1. The molecule has 0 radical (unpaired) electrons. The van der Waals surface area contributed by atoms with Gasteiger partial charge in [-0.15, -0.1) is 0 Å². The fourth-order valence-corrected chi connectivity index (χ4v) is 2.88. The lowest BCUT2D eigenvalue weighted by molar-refractivity contribution is -0.132. The summed E-state index contributed by atoms with van der Waals surface area (Å²) in [4.78, 5) is 28.1. The van der Waals surface area contributed by atoms with Gasteiger partial charge in [-0.2, -0.15) is 0 Å². The molecular weight excluding hydrogens is 306 g/mol. The molecule has 2 N–H and O–H groups in total. The Kier molecular flexibility index (Phi) is 4.84. The maximum absolute atomic E-state index is 12.4. The zero-order chi connectivity index (χ0) is 16.9. The number of hydrogen-bond acceptors (Lipinski definition) is 4. The first kappa shape index (κ1) is 16.1. The summed E-state index contributed by atoms with van der Waals surface area (Å²) in [6.45, 7) is 2.16. The van der Waals surface area contributed by atoms with E-state index in [1.807, 2.05) is 29.2 Å². The number of hydrogen-bond donors (Lipinski definition) is 1. The molecule has 0 atom stereocenters. The third-order valence-electron chi connectivity index (χ3n) is 4.31. The smallest absolute Gasteiger partial charge is 0.289 e. The van der Waals surface area contributed by atoms with Gasteiger partial charge >= 0.3 is 0 Å². The second-order valence-electron chi connectivity index (χ2n) is 5.85. The Morgan fingerprint density at radius 1 is 1.00 bits per heavy atom. The van der Waals surface area contributed by atoms with Gasteiger partial charge in [0.15, 0.2) is 5.76 Å². The zero-order valence-corrected chi connectivity index (χ0v) is 13.5. The van der Waals surface area contributed by atoms with Gasteiger partial charge in [0.25, 0.3) is 5.91 Å². The molecule has 1 aliphatic heterocycles. The van der Waals surface area contributed by atoms with Crippen LogP contribution in [0.2, 0.25) is 0 Å². The van der Waals surface area contributed by atoms with Crippen LogP contribution in [0, 0.1) is 0 Å². The van der Waals surface area contributed by atoms with Crippen molar-refractivity contribution in [3.8, 4) is 0 Å². The van der Waals surface area contributed by atoms with Crippen LogP contribution in [0.4, 0.5) is 5.69 Å². The first-order valence-electron chi connectivity index (χ1n) is 8.09. The van der Waals surface area contributed by atoms with E-state index in [4.69, 9.17) is 10.2 Å². The molecule has 2 aromatic rings. The minimum Gasteiger partial charge on any atom is -0.459 e. The summed E-state index contributed by atoms with van der Waals surface area (Å²) in [5.41, 5.74) is 7.62. The van der Waals surface area contributed by atoms with Crippen LogP contribution in [0.1, 0.15) is 22.5 Å². The highest BCUT2D eigenvalue weighted by molar-refractivity contribution is 5.91. The predicted octanol–water partition coefficient (Wildman–Crippen LogP) is 1.78. The highest BCUT2D eigenvalue weighted by atomic mass is 16.3. The number of nitrogen functional groups attached to an aromatic ring is 1. The number of benzene rings is 1. The molecule has 126 valence electrons. The number of nitrogens with zero attached hydrogens (tertiary/aromatic N) is 2. The van der Waals surface area contributed by atoms with E-state index in [0.29, 0.717) is 44.8 Å². The molecule has 1 aromatic carbocycles. The van der Waals surface area contributed by atoms with E-state index in [-0.39, 0.29) is 11.8 Å². The molecule has 6 nitrogen and oxygen atoms in total. The average molecular weight is 327 g/mol. The molecule has 1 aromatic heterocycles. The van der Waals surface area contributed by atoms with E-state index in [0.717, 1.165) is 11.3 Å². The quantitative estimate of drug-likeness (QED) is 0.868. The number of carbonyl (C=O) groups is 2. The molecule has 0 bridgehead atoms. The van der Waals surface area contributed by atoms with E-state index in [1.165, 1.54) is 6.26 Å². The SMILES string of the molecule is Nc1ccccc1CCC(=O)N1CCN(C(=O)c2ccco2)CC1. The topological polar surface area (TPSA) is 79.8 Å². The lowest BCUT2D eigenvalue weighted by Gasteiger charge is -2.34. The fraction of sp³-hybridized carbons (Fsp3) is 0.333. The average Bonchev–Trinajstić information content (AvgIpc) is 3.15. The Morgan fingerprint density at radius 3 is 2.38 bits per heavy atom. The highest BCUT2D eigenvalue weighted by Crippen LogP contribution is 2.15. The van der Waals surface area contributed by atoms with Crippen LogP contribution >= 0.6 is 0 Å². The van der Waals surface area contributed by atoms with Gasteiger partial charge in [-0.05, 0) is 30.2 Å². The van der Waals surface area contributed by atoms with Crippen molar-refractivity contribution in [3.05, 3.63) is 54.0 Å². The third kappa shape index (κ3) is 3.59. The number of carbonyl (C=O) groups excluding carboxylic acids is 2. The molecule has 0 aliphatic carbocycles. The van der Waals surface area contributed by atoms with E-state index in [9.17, 15) is 9.59 Å². The first-order chi connectivity index (χ1) is 11.6. The minimum atomic E-state index is -0.121. The van der Waals surface area contributed by atoms with Crippen molar-refractivity contribution in [3.63, 3.8) is 0 Å². The van der Waals surface area contributed by atoms with E-state index in [2.05, 4.69) is 0 Å². The summed E-state index contributed by atoms with van der Waals surface area (Å²) in [7, 11) is 0. The molecule has 0 unspecified atom stereocenters. The Balaban J connectivity index is 1.48. The monoisotopic (exact) mass is 327 g/mol. The van der Waals surface area contributed by atoms with Crippen LogP contribution in [0.15, 0.2) is 47.1 Å². The second-order valence-corrected chi connectivity index (χ2v) is 5.85. The van der Waals surface area contributed by atoms with Crippen LogP contribution in [0.5, 0.6) is 0 Å². The summed E-state index contributed by atoms with van der Waals surface area (Å²) in [6.07, 6.45) is 2.56. The number of anilines is 1. The van der Waals surface area contributed by atoms with Gasteiger partial charge in [0.1, 0.15) is 0 Å². The Hall–Kier alpha value is -2.76. The van der Waals surface area contributed by atoms with Gasteiger partial charge in [-0.3, -0.25) is 9.59 Å². The Morgan fingerprint density at radius 2 is 1.71 bits per heavy atom. The number of aryl methyl sites for hydroxylation is 1. The van der Waals surface area contributed by atoms with Crippen molar-refractivity contribution < 1.29 is 14.0 Å². The largest absolute Gasteiger partial charge is 0.459 e. The fourth-order valence-electron chi connectivity index (χ4n) is 2.88. The van der Waals surface area contributed by atoms with Crippen molar-refractivity contribution in [2.75, 3.05) is 31.9 Å². The normalized spacial score (nSPS) is 14.7. The van der Waals surface area contributed by atoms with Crippen molar-refractivity contribution in [1.29, 1.82) is 0 Å². The number of rotatable bonds is 4. The van der Waals surface area contributed by atoms with Crippen LogP contribution in [0.3, 0.4) is 0 Å². The van der Waals surface area contributed by atoms with Crippen molar-refractivity contribution in [2.45, 2.75) is 12.8 Å². The second kappa shape index (κ2) is 7.21. The van der Waals surface area contributed by atoms with Gasteiger partial charge in [0.2, 0.25) is 5.91 Å². The van der Waals surface area contributed by atoms with Crippen LogP contribution in [-0.4, -0.2) is 47.8 Å². The maximum atomic E-state index is 12.4. The first-order valence-corrected chi connectivity index (χ1v) is 8.09. The summed E-state index contributed by atoms with van der Waals surface area (Å²) in [5.74, 6) is 0.321. The lowest BCUT2D eigenvalue weighted by Crippen LogP contribution is -2.50. The standard InChI is InChI=1S/C18H21N3O3/c19-15-5-2-1-4-14(15)7-8-17(22)20-9-11-21(12-10-20)18(23)16-6-3-13-24-16/h1-6,13H,7-12,19H2. The van der Waals surface area contributed by atoms with Gasteiger partial charge in [0.05, 0.1) is 6.26 Å². The third-order valence-corrected chi connectivity index (χ3v) is 4.31. The summed E-state index contributed by atoms with van der Waals surface area (Å²) < 4.78 is 5.14. The van der Waals surface area contributed by atoms with Crippen molar-refractivity contribution in [2.24, 2.45) is 0 Å². The van der Waals surface area contributed by atoms with E-state index < -0.39 is 0 Å². The number of piperazine rings is 1. The zero-order valence-electron chi connectivity index (χ0n) is 13.5. The molecule has 24 heavy (non-hydrogen) atoms. The summed E-state index contributed by atoms with van der Waals surface area (Å²) >= 11 is 0. The lowest BCUT2D eigenvalue weighted by atomic mass is 10.1. The van der Waals surface area contributed by atoms with Crippen LogP contribution in [-0.2, 0) is 11.2 Å². The van der Waals surface area contributed by atoms with Gasteiger partial charge in [-0.1, -0.05) is 18.2 Å². The van der Waals surface area contributed by atoms with Gasteiger partial charge in [-0.25, -0.2) is 0 Å². The van der Waals surface area contributed by atoms with Crippen LogP contribution < -0.4 is 5.73 Å². The molecular formula is C18H21N3O3. The number of amides is 2.